The summed E-state index contributed by atoms with van der Waals surface area (Å²) in [7, 11) is 0. The number of rotatable bonds is 6. The van der Waals surface area contributed by atoms with E-state index in [9.17, 15) is 8.78 Å². The fourth-order valence-electron chi connectivity index (χ4n) is 4.77. The molecule has 1 aromatic carbocycles. The van der Waals surface area contributed by atoms with Crippen molar-refractivity contribution >= 4 is 0 Å². The van der Waals surface area contributed by atoms with Crippen molar-refractivity contribution in [1.82, 2.24) is 0 Å². The second-order valence-electron chi connectivity index (χ2n) is 7.93. The van der Waals surface area contributed by atoms with Crippen LogP contribution in [-0.4, -0.2) is 19.3 Å². The molecule has 2 aliphatic rings. The molecule has 1 heterocycles. The second-order valence-corrected chi connectivity index (χ2v) is 7.93. The molecule has 2 nitrogen and oxygen atoms in total. The summed E-state index contributed by atoms with van der Waals surface area (Å²) in [6.07, 6.45) is 9.89. The van der Waals surface area contributed by atoms with Gasteiger partial charge >= 0.3 is 0 Å². The first-order valence-corrected chi connectivity index (χ1v) is 10.4. The Labute approximate surface area is 156 Å². The molecule has 4 heteroatoms. The topological polar surface area (TPSA) is 18.5 Å². The first-order chi connectivity index (χ1) is 12.6. The Morgan fingerprint density at radius 2 is 1.77 bits per heavy atom. The first-order valence-electron chi connectivity index (χ1n) is 10.4. The number of ether oxygens (including phenoxy) is 2. The predicted molar refractivity (Wildman–Crippen MR) is 99.6 cm³/mol. The van der Waals surface area contributed by atoms with Crippen LogP contribution in [0.5, 0.6) is 5.75 Å². The monoisotopic (exact) mass is 366 g/mol. The van der Waals surface area contributed by atoms with Crippen LogP contribution in [0.15, 0.2) is 12.1 Å². The minimum Gasteiger partial charge on any atom is -0.491 e. The van der Waals surface area contributed by atoms with Crippen molar-refractivity contribution in [2.45, 2.75) is 77.2 Å². The van der Waals surface area contributed by atoms with Gasteiger partial charge in [0.1, 0.15) is 0 Å². The Balaban J connectivity index is 1.55. The summed E-state index contributed by atoms with van der Waals surface area (Å²) in [6.45, 7) is 4.84. The zero-order chi connectivity index (χ0) is 18.5. The average Bonchev–Trinajstić information content (AvgIpc) is 2.67. The molecule has 0 amide bonds. The molecule has 1 aromatic rings. The SMILES string of the molecule is CCCC1CCC(C2CC[C@@H](c3ccc(OCC)c(F)c3F)CO2)CC1. The van der Waals surface area contributed by atoms with Crippen LogP contribution in [0.25, 0.3) is 0 Å². The van der Waals surface area contributed by atoms with Gasteiger partial charge < -0.3 is 9.47 Å². The van der Waals surface area contributed by atoms with Gasteiger partial charge in [-0.3, -0.25) is 0 Å². The molecule has 146 valence electrons. The molecule has 1 aliphatic carbocycles. The van der Waals surface area contributed by atoms with E-state index in [-0.39, 0.29) is 11.7 Å². The van der Waals surface area contributed by atoms with Gasteiger partial charge in [-0.25, -0.2) is 4.39 Å². The minimum absolute atomic E-state index is 0.00723. The molecule has 1 unspecified atom stereocenters. The fourth-order valence-corrected chi connectivity index (χ4v) is 4.77. The molecule has 2 fully saturated rings. The number of halogens is 2. The molecule has 1 aliphatic heterocycles. The van der Waals surface area contributed by atoms with Gasteiger partial charge in [-0.1, -0.05) is 38.7 Å². The third kappa shape index (κ3) is 4.39. The summed E-state index contributed by atoms with van der Waals surface area (Å²) in [6, 6.07) is 3.20. The highest BCUT2D eigenvalue weighted by Gasteiger charge is 2.33. The van der Waals surface area contributed by atoms with Crippen LogP contribution >= 0.6 is 0 Å². The summed E-state index contributed by atoms with van der Waals surface area (Å²) < 4.78 is 39.8. The van der Waals surface area contributed by atoms with Crippen molar-refractivity contribution in [2.75, 3.05) is 13.2 Å². The van der Waals surface area contributed by atoms with Crippen molar-refractivity contribution in [3.05, 3.63) is 29.3 Å². The summed E-state index contributed by atoms with van der Waals surface area (Å²) >= 11 is 0. The van der Waals surface area contributed by atoms with Crippen molar-refractivity contribution in [2.24, 2.45) is 11.8 Å². The molecule has 2 atom stereocenters. The van der Waals surface area contributed by atoms with Crippen LogP contribution in [0.1, 0.15) is 76.7 Å². The molecule has 0 bridgehead atoms. The highest BCUT2D eigenvalue weighted by Crippen LogP contribution is 2.40. The van der Waals surface area contributed by atoms with E-state index < -0.39 is 11.6 Å². The molecule has 0 aromatic heterocycles. The van der Waals surface area contributed by atoms with Gasteiger partial charge in [-0.15, -0.1) is 0 Å². The Morgan fingerprint density at radius 1 is 1.00 bits per heavy atom. The van der Waals surface area contributed by atoms with E-state index in [0.29, 0.717) is 30.8 Å². The minimum atomic E-state index is -0.874. The third-order valence-corrected chi connectivity index (χ3v) is 6.24. The number of hydrogen-bond donors (Lipinski definition) is 0. The van der Waals surface area contributed by atoms with Gasteiger partial charge in [0.2, 0.25) is 5.82 Å². The van der Waals surface area contributed by atoms with Gasteiger partial charge in [0.05, 0.1) is 19.3 Å². The summed E-state index contributed by atoms with van der Waals surface area (Å²) in [5.41, 5.74) is 0.427. The van der Waals surface area contributed by atoms with Crippen LogP contribution in [0.3, 0.4) is 0 Å². The van der Waals surface area contributed by atoms with Crippen LogP contribution in [0, 0.1) is 23.5 Å². The smallest absolute Gasteiger partial charge is 0.200 e. The highest BCUT2D eigenvalue weighted by atomic mass is 19.2. The maximum absolute atomic E-state index is 14.4. The highest BCUT2D eigenvalue weighted by molar-refractivity contribution is 5.33. The molecular formula is C22H32F2O2. The van der Waals surface area contributed by atoms with Gasteiger partial charge in [0, 0.05) is 5.92 Å². The Hall–Kier alpha value is -1.16. The summed E-state index contributed by atoms with van der Waals surface area (Å²) in [5.74, 6) is -0.177. The largest absolute Gasteiger partial charge is 0.491 e. The van der Waals surface area contributed by atoms with Crippen LogP contribution < -0.4 is 4.74 Å². The van der Waals surface area contributed by atoms with Gasteiger partial charge in [-0.05, 0) is 56.1 Å². The van der Waals surface area contributed by atoms with Crippen LogP contribution in [0.2, 0.25) is 0 Å². The average molecular weight is 366 g/mol. The van der Waals surface area contributed by atoms with Crippen molar-refractivity contribution in [3.63, 3.8) is 0 Å². The standard InChI is InChI=1S/C22H32F2O2/c1-3-5-15-6-8-16(9-7-15)19-12-10-17(14-26-19)18-11-13-20(25-4-2)22(24)21(18)23/h11,13,15-17,19H,3-10,12,14H2,1-2H3/t15?,16?,17-,19?/m1/s1. The van der Waals surface area contributed by atoms with Gasteiger partial charge in [-0.2, -0.15) is 4.39 Å². The maximum Gasteiger partial charge on any atom is 0.200 e. The molecule has 1 saturated carbocycles. The van der Waals surface area contributed by atoms with Crippen molar-refractivity contribution < 1.29 is 18.3 Å². The first kappa shape index (κ1) is 19.6. The van der Waals surface area contributed by atoms with E-state index in [4.69, 9.17) is 9.47 Å². The number of benzene rings is 1. The molecule has 26 heavy (non-hydrogen) atoms. The van der Waals surface area contributed by atoms with E-state index >= 15 is 0 Å². The van der Waals surface area contributed by atoms with E-state index in [0.717, 1.165) is 18.8 Å². The lowest BCUT2D eigenvalue weighted by Gasteiger charge is -2.38. The van der Waals surface area contributed by atoms with Gasteiger partial charge in [0.15, 0.2) is 11.6 Å². The van der Waals surface area contributed by atoms with E-state index in [2.05, 4.69) is 6.92 Å². The second kappa shape index (κ2) is 9.16. The lowest BCUT2D eigenvalue weighted by Crippen LogP contribution is -2.33. The molecule has 0 radical (unpaired) electrons. The Kier molecular flexibility index (Phi) is 6.91. The van der Waals surface area contributed by atoms with Gasteiger partial charge in [0.25, 0.3) is 0 Å². The predicted octanol–water partition coefficient (Wildman–Crippen LogP) is 6.23. The Morgan fingerprint density at radius 3 is 2.38 bits per heavy atom. The molecule has 1 saturated heterocycles. The third-order valence-electron chi connectivity index (χ3n) is 6.24. The molecule has 0 N–H and O–H groups in total. The molecular weight excluding hydrogens is 334 g/mol. The maximum atomic E-state index is 14.4. The zero-order valence-corrected chi connectivity index (χ0v) is 16.1. The zero-order valence-electron chi connectivity index (χ0n) is 16.1. The summed E-state index contributed by atoms with van der Waals surface area (Å²) in [5, 5.41) is 0. The fraction of sp³-hybridized carbons (Fsp3) is 0.727. The summed E-state index contributed by atoms with van der Waals surface area (Å²) in [4.78, 5) is 0. The van der Waals surface area contributed by atoms with Crippen molar-refractivity contribution in [1.29, 1.82) is 0 Å². The lowest BCUT2D eigenvalue weighted by molar-refractivity contribution is -0.0440. The van der Waals surface area contributed by atoms with Crippen LogP contribution in [0.4, 0.5) is 8.78 Å². The Bertz CT molecular complexity index is 574. The van der Waals surface area contributed by atoms with E-state index in [1.807, 2.05) is 0 Å². The normalized spacial score (nSPS) is 29.5. The van der Waals surface area contributed by atoms with E-state index in [1.54, 1.807) is 19.1 Å². The lowest BCUT2D eigenvalue weighted by atomic mass is 9.75. The van der Waals surface area contributed by atoms with Crippen LogP contribution in [-0.2, 0) is 4.74 Å². The number of hydrogen-bond acceptors (Lipinski definition) is 2. The quantitative estimate of drug-likeness (QED) is 0.594. The molecule has 3 rings (SSSR count). The van der Waals surface area contributed by atoms with E-state index in [1.165, 1.54) is 38.5 Å². The molecule has 0 spiro atoms. The van der Waals surface area contributed by atoms with Crippen molar-refractivity contribution in [3.8, 4) is 5.75 Å².